The van der Waals surface area contributed by atoms with E-state index in [1.165, 1.54) is 19.3 Å². The zero-order chi connectivity index (χ0) is 22.2. The van der Waals surface area contributed by atoms with Crippen molar-refractivity contribution in [3.8, 4) is 5.75 Å². The third-order valence-corrected chi connectivity index (χ3v) is 6.34. The maximum atomic E-state index is 12.7. The van der Waals surface area contributed by atoms with Gasteiger partial charge in [-0.2, -0.15) is 5.10 Å². The smallest absolute Gasteiger partial charge is 0.319 e. The van der Waals surface area contributed by atoms with Crippen LogP contribution in [0.5, 0.6) is 5.75 Å². The Balaban J connectivity index is 1.18. The highest BCUT2D eigenvalue weighted by molar-refractivity contribution is 5.89. The van der Waals surface area contributed by atoms with Crippen LogP contribution >= 0.6 is 0 Å². The lowest BCUT2D eigenvalue weighted by molar-refractivity contribution is -0.137. The number of rotatable bonds is 7. The molecule has 32 heavy (non-hydrogen) atoms. The Morgan fingerprint density at radius 3 is 2.62 bits per heavy atom. The molecule has 0 atom stereocenters. The summed E-state index contributed by atoms with van der Waals surface area (Å²) in [7, 11) is 0. The van der Waals surface area contributed by atoms with E-state index >= 15 is 0 Å². The zero-order valence-electron chi connectivity index (χ0n) is 18.5. The van der Waals surface area contributed by atoms with Gasteiger partial charge in [0.05, 0.1) is 6.54 Å². The minimum atomic E-state index is -0.226. The first-order chi connectivity index (χ1) is 15.7. The third kappa shape index (κ3) is 6.24. The van der Waals surface area contributed by atoms with E-state index in [-0.39, 0.29) is 18.0 Å². The van der Waals surface area contributed by atoms with Crippen LogP contribution in [0, 0.1) is 5.92 Å². The number of amides is 3. The summed E-state index contributed by atoms with van der Waals surface area (Å²) in [6.45, 7) is 2.60. The van der Waals surface area contributed by atoms with Crippen LogP contribution in [0.4, 0.5) is 10.5 Å². The van der Waals surface area contributed by atoms with Gasteiger partial charge in [-0.1, -0.05) is 25.3 Å². The number of hydrogen-bond donors (Lipinski definition) is 2. The lowest BCUT2D eigenvalue weighted by Crippen LogP contribution is -2.49. The van der Waals surface area contributed by atoms with Crippen LogP contribution in [0.2, 0.25) is 0 Å². The van der Waals surface area contributed by atoms with Crippen molar-refractivity contribution in [2.45, 2.75) is 57.5 Å². The molecule has 1 saturated carbocycles. The minimum Gasteiger partial charge on any atom is -0.492 e. The van der Waals surface area contributed by atoms with Crippen molar-refractivity contribution in [3.05, 3.63) is 42.7 Å². The van der Waals surface area contributed by atoms with Crippen LogP contribution in [-0.4, -0.2) is 52.4 Å². The molecular weight excluding hydrogens is 406 g/mol. The van der Waals surface area contributed by atoms with Crippen molar-refractivity contribution < 1.29 is 14.3 Å². The Morgan fingerprint density at radius 2 is 1.88 bits per heavy atom. The van der Waals surface area contributed by atoms with Crippen molar-refractivity contribution in [3.63, 3.8) is 0 Å². The predicted octanol–water partition coefficient (Wildman–Crippen LogP) is 3.65. The van der Waals surface area contributed by atoms with Crippen LogP contribution in [0.1, 0.15) is 44.9 Å². The number of piperidine rings is 1. The van der Waals surface area contributed by atoms with Crippen molar-refractivity contribution in [2.24, 2.45) is 5.92 Å². The highest BCUT2D eigenvalue weighted by Gasteiger charge is 2.29. The van der Waals surface area contributed by atoms with E-state index in [0.29, 0.717) is 30.5 Å². The quantitative estimate of drug-likeness (QED) is 0.689. The summed E-state index contributed by atoms with van der Waals surface area (Å²) >= 11 is 0. The second kappa shape index (κ2) is 11.0. The van der Waals surface area contributed by atoms with Crippen molar-refractivity contribution in [2.75, 3.05) is 25.0 Å². The molecule has 2 aromatic rings. The van der Waals surface area contributed by atoms with Gasteiger partial charge >= 0.3 is 6.03 Å². The van der Waals surface area contributed by atoms with Crippen LogP contribution in [-0.2, 0) is 11.3 Å². The normalized spacial score (nSPS) is 17.7. The zero-order valence-corrected chi connectivity index (χ0v) is 18.5. The molecule has 0 unspecified atom stereocenters. The average Bonchev–Trinajstić information content (AvgIpc) is 3.33. The number of carbonyl (C=O) groups is 2. The standard InChI is InChI=1S/C24H33N5O3/c30-23(19-6-2-1-3-7-19)28-14-10-20(11-15-28)26-24(31)27-21-8-4-9-22(18-21)32-17-16-29-13-5-12-25-29/h4-5,8-9,12-13,18-20H,1-3,6-7,10-11,14-17H2,(H2,26,27,31). The summed E-state index contributed by atoms with van der Waals surface area (Å²) in [5.41, 5.74) is 0.684. The molecule has 1 aromatic carbocycles. The van der Waals surface area contributed by atoms with E-state index in [9.17, 15) is 9.59 Å². The first kappa shape index (κ1) is 22.2. The molecule has 2 fully saturated rings. The maximum Gasteiger partial charge on any atom is 0.319 e. The number of nitrogens with one attached hydrogen (secondary N) is 2. The number of aromatic nitrogens is 2. The summed E-state index contributed by atoms with van der Waals surface area (Å²) in [6.07, 6.45) is 10.9. The van der Waals surface area contributed by atoms with Gasteiger partial charge in [-0.15, -0.1) is 0 Å². The molecular formula is C24H33N5O3. The molecule has 0 spiro atoms. The van der Waals surface area contributed by atoms with Gasteiger partial charge in [-0.05, 0) is 43.9 Å². The van der Waals surface area contributed by atoms with Gasteiger partial charge in [-0.25, -0.2) is 4.79 Å². The lowest BCUT2D eigenvalue weighted by atomic mass is 9.87. The maximum absolute atomic E-state index is 12.7. The molecule has 2 heterocycles. The molecule has 8 nitrogen and oxygen atoms in total. The van der Waals surface area contributed by atoms with Crippen molar-refractivity contribution in [1.82, 2.24) is 20.0 Å². The van der Waals surface area contributed by atoms with Gasteiger partial charge in [0.25, 0.3) is 0 Å². The van der Waals surface area contributed by atoms with Gasteiger partial charge in [0.15, 0.2) is 0 Å². The number of benzene rings is 1. The number of urea groups is 1. The highest BCUT2D eigenvalue weighted by atomic mass is 16.5. The molecule has 1 aromatic heterocycles. The summed E-state index contributed by atoms with van der Waals surface area (Å²) in [6, 6.07) is 9.11. The van der Waals surface area contributed by atoms with Crippen LogP contribution < -0.4 is 15.4 Å². The number of ether oxygens (including phenoxy) is 1. The van der Waals surface area contributed by atoms with E-state index in [0.717, 1.165) is 38.8 Å². The van der Waals surface area contributed by atoms with Gasteiger partial charge < -0.3 is 20.3 Å². The number of likely N-dealkylation sites (tertiary alicyclic amines) is 1. The topological polar surface area (TPSA) is 88.5 Å². The molecule has 8 heteroatoms. The summed E-state index contributed by atoms with van der Waals surface area (Å²) < 4.78 is 7.57. The summed E-state index contributed by atoms with van der Waals surface area (Å²) in [5.74, 6) is 1.23. The molecule has 1 aliphatic carbocycles. The summed E-state index contributed by atoms with van der Waals surface area (Å²) in [5, 5.41) is 10.1. The number of nitrogens with zero attached hydrogens (tertiary/aromatic N) is 3. The van der Waals surface area contributed by atoms with Crippen LogP contribution in [0.3, 0.4) is 0 Å². The van der Waals surface area contributed by atoms with E-state index in [1.807, 2.05) is 46.1 Å². The van der Waals surface area contributed by atoms with Gasteiger partial charge in [0.1, 0.15) is 12.4 Å². The molecule has 0 bridgehead atoms. The number of carbonyl (C=O) groups excluding carboxylic acids is 2. The van der Waals surface area contributed by atoms with Gasteiger partial charge in [0.2, 0.25) is 5.91 Å². The number of anilines is 1. The van der Waals surface area contributed by atoms with Crippen LogP contribution in [0.15, 0.2) is 42.7 Å². The highest BCUT2D eigenvalue weighted by Crippen LogP contribution is 2.26. The first-order valence-corrected chi connectivity index (χ1v) is 11.7. The minimum absolute atomic E-state index is 0.0823. The Kier molecular flexibility index (Phi) is 7.64. The average molecular weight is 440 g/mol. The third-order valence-electron chi connectivity index (χ3n) is 6.34. The largest absolute Gasteiger partial charge is 0.492 e. The molecule has 1 aliphatic heterocycles. The summed E-state index contributed by atoms with van der Waals surface area (Å²) in [4.78, 5) is 27.2. The fourth-order valence-electron chi connectivity index (χ4n) is 4.56. The fourth-order valence-corrected chi connectivity index (χ4v) is 4.56. The Bertz CT molecular complexity index is 872. The van der Waals surface area contributed by atoms with Gasteiger partial charge in [-0.3, -0.25) is 9.48 Å². The predicted molar refractivity (Wildman–Crippen MR) is 122 cm³/mol. The fraction of sp³-hybridized carbons (Fsp3) is 0.542. The molecule has 4 rings (SSSR count). The second-order valence-electron chi connectivity index (χ2n) is 8.68. The van der Waals surface area contributed by atoms with E-state index in [4.69, 9.17) is 4.74 Å². The van der Waals surface area contributed by atoms with E-state index in [1.54, 1.807) is 6.20 Å². The monoisotopic (exact) mass is 439 g/mol. The van der Waals surface area contributed by atoms with E-state index < -0.39 is 0 Å². The van der Waals surface area contributed by atoms with Gasteiger partial charge in [0, 0.05) is 49.2 Å². The Hall–Kier alpha value is -3.03. The van der Waals surface area contributed by atoms with Crippen LogP contribution in [0.25, 0.3) is 0 Å². The lowest BCUT2D eigenvalue weighted by Gasteiger charge is -2.35. The number of hydrogen-bond acceptors (Lipinski definition) is 4. The second-order valence-corrected chi connectivity index (χ2v) is 8.68. The molecule has 0 radical (unpaired) electrons. The van der Waals surface area contributed by atoms with Crippen molar-refractivity contribution in [1.29, 1.82) is 0 Å². The SMILES string of the molecule is O=C(Nc1cccc(OCCn2cccn2)c1)NC1CCN(C(=O)C2CCCCC2)CC1. The van der Waals surface area contributed by atoms with E-state index in [2.05, 4.69) is 15.7 Å². The first-order valence-electron chi connectivity index (χ1n) is 11.7. The molecule has 3 amide bonds. The molecule has 2 aliphatic rings. The molecule has 1 saturated heterocycles. The molecule has 172 valence electrons. The Labute approximate surface area is 189 Å². The Morgan fingerprint density at radius 1 is 1.06 bits per heavy atom. The van der Waals surface area contributed by atoms with Crippen molar-refractivity contribution >= 4 is 17.6 Å². The molecule has 2 N–H and O–H groups in total.